The average Bonchev–Trinajstić information content (AvgIpc) is 1.79. The molecular weight excluding hydrogens is 160 g/mol. The molecule has 0 bridgehead atoms. The second kappa shape index (κ2) is 4.09. The summed E-state index contributed by atoms with van der Waals surface area (Å²) in [7, 11) is 0. The fraction of sp³-hybridized carbons (Fsp3) is 0.750. The maximum atomic E-state index is 10.9. The highest BCUT2D eigenvalue weighted by Gasteiger charge is 2.16. The Balaban J connectivity index is 3.68. The van der Waals surface area contributed by atoms with E-state index in [1.807, 2.05) is 0 Å². The van der Waals surface area contributed by atoms with Crippen molar-refractivity contribution < 1.29 is 19.1 Å². The van der Waals surface area contributed by atoms with Crippen molar-refractivity contribution >= 4 is 11.9 Å². The number of carbonyl (C=O) groups is 2. The zero-order valence-electron chi connectivity index (χ0n) is 7.84. The number of carbonyl (C=O) groups excluding carboxylic acids is 2. The van der Waals surface area contributed by atoms with E-state index < -0.39 is 17.5 Å². The van der Waals surface area contributed by atoms with Crippen LogP contribution in [0.5, 0.6) is 0 Å². The highest BCUT2D eigenvalue weighted by molar-refractivity contribution is 5.75. The molecular formula is C8H14O4. The van der Waals surface area contributed by atoms with Gasteiger partial charge in [0.2, 0.25) is 0 Å². The van der Waals surface area contributed by atoms with Gasteiger partial charge in [-0.05, 0) is 20.8 Å². The zero-order chi connectivity index (χ0) is 9.78. The quantitative estimate of drug-likeness (QED) is 0.583. The van der Waals surface area contributed by atoms with Gasteiger partial charge >= 0.3 is 11.9 Å². The Kier molecular flexibility index (Phi) is 3.73. The van der Waals surface area contributed by atoms with Crippen LogP contribution in [-0.2, 0) is 19.1 Å². The molecule has 0 aliphatic carbocycles. The van der Waals surface area contributed by atoms with Crippen molar-refractivity contribution in [1.29, 1.82) is 0 Å². The van der Waals surface area contributed by atoms with Crippen molar-refractivity contribution in [2.45, 2.75) is 33.3 Å². The Morgan fingerprint density at radius 2 is 1.75 bits per heavy atom. The summed E-state index contributed by atoms with van der Waals surface area (Å²) in [5, 5.41) is 0. The van der Waals surface area contributed by atoms with Gasteiger partial charge in [-0.25, -0.2) is 4.79 Å². The van der Waals surface area contributed by atoms with Gasteiger partial charge in [0, 0.05) is 6.92 Å². The molecule has 0 rings (SSSR count). The number of hydrogen-bond acceptors (Lipinski definition) is 4. The van der Waals surface area contributed by atoms with Gasteiger partial charge in [0.25, 0.3) is 0 Å². The lowest BCUT2D eigenvalue weighted by molar-refractivity contribution is -0.165. The average molecular weight is 174 g/mol. The Bertz CT molecular complexity index is 178. The van der Waals surface area contributed by atoms with Crippen molar-refractivity contribution in [3.05, 3.63) is 0 Å². The van der Waals surface area contributed by atoms with E-state index in [2.05, 4.69) is 4.74 Å². The van der Waals surface area contributed by atoms with Crippen molar-refractivity contribution in [2.24, 2.45) is 0 Å². The van der Waals surface area contributed by atoms with E-state index in [1.54, 1.807) is 20.8 Å². The molecule has 0 heterocycles. The third kappa shape index (κ3) is 7.05. The van der Waals surface area contributed by atoms with E-state index in [0.29, 0.717) is 0 Å². The molecule has 12 heavy (non-hydrogen) atoms. The summed E-state index contributed by atoms with van der Waals surface area (Å²) in [5.74, 6) is -1.02. The zero-order valence-corrected chi connectivity index (χ0v) is 7.84. The first-order chi connectivity index (χ1) is 5.31. The van der Waals surface area contributed by atoms with Crippen LogP contribution in [0.15, 0.2) is 0 Å². The normalized spacial score (nSPS) is 10.7. The van der Waals surface area contributed by atoms with Crippen LogP contribution >= 0.6 is 0 Å². The molecule has 0 N–H and O–H groups in total. The van der Waals surface area contributed by atoms with Gasteiger partial charge < -0.3 is 9.47 Å². The molecule has 0 atom stereocenters. The molecule has 0 saturated heterocycles. The first-order valence-corrected chi connectivity index (χ1v) is 3.66. The van der Waals surface area contributed by atoms with Crippen LogP contribution in [0.3, 0.4) is 0 Å². The molecule has 0 aromatic heterocycles. The summed E-state index contributed by atoms with van der Waals surface area (Å²) >= 11 is 0. The maximum absolute atomic E-state index is 10.9. The minimum absolute atomic E-state index is 0.313. The summed E-state index contributed by atoms with van der Waals surface area (Å²) in [4.78, 5) is 21.1. The van der Waals surface area contributed by atoms with Gasteiger partial charge in [0.05, 0.1) is 0 Å². The van der Waals surface area contributed by atoms with E-state index in [4.69, 9.17) is 4.74 Å². The largest absolute Gasteiger partial charge is 0.457 e. The van der Waals surface area contributed by atoms with E-state index in [0.717, 1.165) is 0 Å². The topological polar surface area (TPSA) is 52.6 Å². The molecule has 0 saturated carbocycles. The molecule has 0 fully saturated rings. The van der Waals surface area contributed by atoms with Crippen LogP contribution in [0.1, 0.15) is 27.7 Å². The molecule has 0 aliphatic heterocycles. The molecule has 0 radical (unpaired) electrons. The minimum atomic E-state index is -0.531. The second-order valence-corrected chi connectivity index (χ2v) is 3.37. The van der Waals surface area contributed by atoms with Crippen molar-refractivity contribution in [3.8, 4) is 0 Å². The van der Waals surface area contributed by atoms with Crippen molar-refractivity contribution in [2.75, 3.05) is 6.61 Å². The molecule has 0 aromatic carbocycles. The molecule has 0 unspecified atom stereocenters. The Morgan fingerprint density at radius 1 is 1.25 bits per heavy atom. The predicted octanol–water partition coefficient (Wildman–Crippen LogP) is 0.891. The first-order valence-electron chi connectivity index (χ1n) is 3.66. The number of hydrogen-bond donors (Lipinski definition) is 0. The van der Waals surface area contributed by atoms with Gasteiger partial charge in [-0.1, -0.05) is 0 Å². The lowest BCUT2D eigenvalue weighted by atomic mass is 10.2. The minimum Gasteiger partial charge on any atom is -0.457 e. The number of rotatable bonds is 2. The van der Waals surface area contributed by atoms with Gasteiger partial charge in [-0.3, -0.25) is 4.79 Å². The van der Waals surface area contributed by atoms with E-state index in [-0.39, 0.29) is 6.61 Å². The van der Waals surface area contributed by atoms with Crippen LogP contribution in [0.25, 0.3) is 0 Å². The molecule has 4 nitrogen and oxygen atoms in total. The van der Waals surface area contributed by atoms with Crippen molar-refractivity contribution in [1.82, 2.24) is 0 Å². The molecule has 0 aromatic rings. The van der Waals surface area contributed by atoms with E-state index in [1.165, 1.54) is 6.92 Å². The Hall–Kier alpha value is -1.06. The first kappa shape index (κ1) is 10.9. The lowest BCUT2D eigenvalue weighted by Crippen LogP contribution is -2.27. The number of ether oxygens (including phenoxy) is 2. The molecule has 0 amide bonds. The number of esters is 2. The standard InChI is InChI=1S/C8H14O4/c1-6(9)11-5-7(10)12-8(2,3)4/h5H2,1-4H3. The smallest absolute Gasteiger partial charge is 0.344 e. The fourth-order valence-corrected chi connectivity index (χ4v) is 0.532. The maximum Gasteiger partial charge on any atom is 0.344 e. The van der Waals surface area contributed by atoms with Gasteiger partial charge in [-0.2, -0.15) is 0 Å². The summed E-state index contributed by atoms with van der Waals surface area (Å²) < 4.78 is 9.31. The highest BCUT2D eigenvalue weighted by Crippen LogP contribution is 2.06. The van der Waals surface area contributed by atoms with E-state index >= 15 is 0 Å². The molecule has 0 aliphatic rings. The second-order valence-electron chi connectivity index (χ2n) is 3.37. The molecule has 0 spiro atoms. The third-order valence-corrected chi connectivity index (χ3v) is 0.813. The highest BCUT2D eigenvalue weighted by atomic mass is 16.6. The summed E-state index contributed by atoms with van der Waals surface area (Å²) in [6.07, 6.45) is 0. The molecule has 70 valence electrons. The van der Waals surface area contributed by atoms with Crippen LogP contribution in [-0.4, -0.2) is 24.1 Å². The third-order valence-electron chi connectivity index (χ3n) is 0.813. The van der Waals surface area contributed by atoms with E-state index in [9.17, 15) is 9.59 Å². The monoisotopic (exact) mass is 174 g/mol. The van der Waals surface area contributed by atoms with Gasteiger partial charge in [-0.15, -0.1) is 0 Å². The van der Waals surface area contributed by atoms with Crippen LogP contribution in [0, 0.1) is 0 Å². The summed E-state index contributed by atoms with van der Waals surface area (Å²) in [6.45, 7) is 6.17. The van der Waals surface area contributed by atoms with Crippen LogP contribution < -0.4 is 0 Å². The SMILES string of the molecule is CC(=O)OCC(=O)OC(C)(C)C. The molecule has 4 heteroatoms. The predicted molar refractivity (Wildman–Crippen MR) is 42.5 cm³/mol. The van der Waals surface area contributed by atoms with Gasteiger partial charge in [0.15, 0.2) is 6.61 Å². The van der Waals surface area contributed by atoms with Crippen LogP contribution in [0.4, 0.5) is 0 Å². The van der Waals surface area contributed by atoms with Crippen molar-refractivity contribution in [3.63, 3.8) is 0 Å². The lowest BCUT2D eigenvalue weighted by Gasteiger charge is -2.18. The van der Waals surface area contributed by atoms with Crippen LogP contribution in [0.2, 0.25) is 0 Å². The summed E-state index contributed by atoms with van der Waals surface area (Å²) in [6, 6.07) is 0. The van der Waals surface area contributed by atoms with Gasteiger partial charge in [0.1, 0.15) is 5.60 Å². The fourth-order valence-electron chi connectivity index (χ4n) is 0.532. The summed E-state index contributed by atoms with van der Waals surface area (Å²) in [5.41, 5.74) is -0.531. The Labute approximate surface area is 71.8 Å². The Morgan fingerprint density at radius 3 is 2.08 bits per heavy atom.